The van der Waals surface area contributed by atoms with Crippen molar-refractivity contribution in [3.05, 3.63) is 62.8 Å². The molecule has 3 aromatic rings. The molecule has 30 heavy (non-hydrogen) atoms. The van der Waals surface area contributed by atoms with E-state index in [0.29, 0.717) is 17.1 Å². The molecule has 12 heteroatoms. The van der Waals surface area contributed by atoms with Gasteiger partial charge in [-0.3, -0.25) is 14.7 Å². The third-order valence-electron chi connectivity index (χ3n) is 4.81. The summed E-state index contributed by atoms with van der Waals surface area (Å²) in [6, 6.07) is 7.11. The SMILES string of the molecule is Cc1ccc([N+](=O)[O-])cc1S(=O)(=O)NCCn1nc(-c2ccco2)n(C2CC2)c1=O. The Bertz CT molecular complexity index is 1250. The summed E-state index contributed by atoms with van der Waals surface area (Å²) in [5.74, 6) is 0.871. The molecule has 0 unspecified atom stereocenters. The molecule has 1 fully saturated rings. The van der Waals surface area contributed by atoms with Gasteiger partial charge in [-0.25, -0.2) is 22.6 Å². The van der Waals surface area contributed by atoms with Crippen molar-refractivity contribution in [2.75, 3.05) is 6.54 Å². The topological polar surface area (TPSA) is 142 Å². The molecule has 1 saturated carbocycles. The van der Waals surface area contributed by atoms with Gasteiger partial charge in [-0.1, -0.05) is 6.07 Å². The maximum absolute atomic E-state index is 12.7. The van der Waals surface area contributed by atoms with Crippen molar-refractivity contribution < 1.29 is 17.8 Å². The molecule has 4 rings (SSSR count). The summed E-state index contributed by atoms with van der Waals surface area (Å²) in [7, 11) is -4.00. The predicted molar refractivity (Wildman–Crippen MR) is 105 cm³/mol. The molecule has 0 spiro atoms. The smallest absolute Gasteiger partial charge is 0.346 e. The van der Waals surface area contributed by atoms with Crippen LogP contribution in [0.25, 0.3) is 11.6 Å². The van der Waals surface area contributed by atoms with Crippen LogP contribution in [0.15, 0.2) is 50.7 Å². The number of hydrogen-bond donors (Lipinski definition) is 1. The Morgan fingerprint density at radius 2 is 2.10 bits per heavy atom. The Balaban J connectivity index is 1.54. The summed E-state index contributed by atoms with van der Waals surface area (Å²) in [6.07, 6.45) is 3.24. The lowest BCUT2D eigenvalue weighted by Crippen LogP contribution is -2.32. The largest absolute Gasteiger partial charge is 0.461 e. The molecule has 158 valence electrons. The van der Waals surface area contributed by atoms with Crippen molar-refractivity contribution in [1.82, 2.24) is 19.1 Å². The first kappa shape index (κ1) is 20.0. The number of sulfonamides is 1. The average molecular weight is 433 g/mol. The molecule has 0 radical (unpaired) electrons. The molecule has 0 bridgehead atoms. The number of hydrogen-bond acceptors (Lipinski definition) is 7. The lowest BCUT2D eigenvalue weighted by atomic mass is 10.2. The number of aryl methyl sites for hydroxylation is 1. The van der Waals surface area contributed by atoms with Gasteiger partial charge in [0.2, 0.25) is 15.8 Å². The summed E-state index contributed by atoms with van der Waals surface area (Å²) in [5, 5.41) is 15.3. The quantitative estimate of drug-likeness (QED) is 0.422. The molecule has 1 aliphatic carbocycles. The molecule has 0 amide bonds. The van der Waals surface area contributed by atoms with Gasteiger partial charge in [0.15, 0.2) is 5.76 Å². The zero-order valence-corrected chi connectivity index (χ0v) is 16.8. The first-order chi connectivity index (χ1) is 14.3. The van der Waals surface area contributed by atoms with Crippen LogP contribution in [-0.4, -0.2) is 34.2 Å². The van der Waals surface area contributed by atoms with Gasteiger partial charge in [0, 0.05) is 24.7 Å². The molecule has 1 aliphatic rings. The van der Waals surface area contributed by atoms with Crippen molar-refractivity contribution in [2.24, 2.45) is 0 Å². The highest BCUT2D eigenvalue weighted by atomic mass is 32.2. The molecule has 1 aromatic carbocycles. The van der Waals surface area contributed by atoms with Crippen molar-refractivity contribution in [2.45, 2.75) is 37.2 Å². The fourth-order valence-electron chi connectivity index (χ4n) is 3.16. The van der Waals surface area contributed by atoms with Crippen LogP contribution in [0.4, 0.5) is 5.69 Å². The molecular weight excluding hydrogens is 414 g/mol. The molecular formula is C18H19N5O6S. The third-order valence-corrected chi connectivity index (χ3v) is 6.41. The van der Waals surface area contributed by atoms with Crippen LogP contribution in [-0.2, 0) is 16.6 Å². The maximum atomic E-state index is 12.7. The van der Waals surface area contributed by atoms with Gasteiger partial charge >= 0.3 is 5.69 Å². The van der Waals surface area contributed by atoms with E-state index in [1.807, 2.05) is 0 Å². The van der Waals surface area contributed by atoms with Crippen molar-refractivity contribution >= 4 is 15.7 Å². The fraction of sp³-hybridized carbons (Fsp3) is 0.333. The second-order valence-corrected chi connectivity index (χ2v) is 8.75. The van der Waals surface area contributed by atoms with E-state index in [0.717, 1.165) is 18.9 Å². The van der Waals surface area contributed by atoms with Crippen LogP contribution < -0.4 is 10.4 Å². The van der Waals surface area contributed by atoms with Gasteiger partial charge in [-0.2, -0.15) is 0 Å². The van der Waals surface area contributed by atoms with Crippen molar-refractivity contribution in [1.29, 1.82) is 0 Å². The van der Waals surface area contributed by atoms with Gasteiger partial charge < -0.3 is 4.42 Å². The molecule has 11 nitrogen and oxygen atoms in total. The van der Waals surface area contributed by atoms with Crippen molar-refractivity contribution in [3.8, 4) is 11.6 Å². The molecule has 0 saturated heterocycles. The van der Waals surface area contributed by atoms with Crippen LogP contribution in [0, 0.1) is 17.0 Å². The number of benzene rings is 1. The monoisotopic (exact) mass is 433 g/mol. The molecule has 2 heterocycles. The zero-order chi connectivity index (χ0) is 21.5. The predicted octanol–water partition coefficient (Wildman–Crippen LogP) is 1.83. The summed E-state index contributed by atoms with van der Waals surface area (Å²) >= 11 is 0. The standard InChI is InChI=1S/C18H19N5O6S/c1-12-4-5-14(23(25)26)11-16(12)30(27,28)19-8-9-21-18(24)22(13-6-7-13)17(20-21)15-3-2-10-29-15/h2-5,10-11,13,19H,6-9H2,1H3. The minimum Gasteiger partial charge on any atom is -0.461 e. The first-order valence-corrected chi connectivity index (χ1v) is 10.7. The van der Waals surface area contributed by atoms with E-state index in [1.165, 1.54) is 23.1 Å². The minimum atomic E-state index is -4.00. The highest BCUT2D eigenvalue weighted by molar-refractivity contribution is 7.89. The summed E-state index contributed by atoms with van der Waals surface area (Å²) < 4.78 is 35.7. The normalized spacial score (nSPS) is 14.2. The molecule has 2 aromatic heterocycles. The van der Waals surface area contributed by atoms with Gasteiger partial charge in [0.1, 0.15) is 0 Å². The van der Waals surface area contributed by atoms with Crippen LogP contribution >= 0.6 is 0 Å². The Hall–Kier alpha value is -3.25. The van der Waals surface area contributed by atoms with E-state index in [1.54, 1.807) is 23.6 Å². The number of aromatic nitrogens is 3. The summed E-state index contributed by atoms with van der Waals surface area (Å²) in [4.78, 5) is 22.9. The minimum absolute atomic E-state index is 0.000529. The van der Waals surface area contributed by atoms with Crippen LogP contribution in [0.2, 0.25) is 0 Å². The Kier molecular flexibility index (Phi) is 5.03. The van der Waals surface area contributed by atoms with Gasteiger partial charge in [-0.05, 0) is 37.5 Å². The second kappa shape index (κ2) is 7.54. The first-order valence-electron chi connectivity index (χ1n) is 9.26. The Morgan fingerprint density at radius 3 is 2.73 bits per heavy atom. The molecule has 1 N–H and O–H groups in total. The van der Waals surface area contributed by atoms with E-state index >= 15 is 0 Å². The third kappa shape index (κ3) is 3.78. The number of non-ortho nitro benzene ring substituents is 1. The molecule has 0 atom stereocenters. The summed E-state index contributed by atoms with van der Waals surface area (Å²) in [5.41, 5.74) is -0.276. The zero-order valence-electron chi connectivity index (χ0n) is 16.0. The maximum Gasteiger partial charge on any atom is 0.346 e. The van der Waals surface area contributed by atoms with Gasteiger partial charge in [-0.15, -0.1) is 5.10 Å². The number of nitro groups is 1. The summed E-state index contributed by atoms with van der Waals surface area (Å²) in [6.45, 7) is 1.44. The lowest BCUT2D eigenvalue weighted by Gasteiger charge is -2.09. The van der Waals surface area contributed by atoms with Crippen LogP contribution in [0.5, 0.6) is 0 Å². The molecule has 0 aliphatic heterocycles. The highest BCUT2D eigenvalue weighted by Crippen LogP contribution is 2.36. The van der Waals surface area contributed by atoms with E-state index in [9.17, 15) is 23.3 Å². The van der Waals surface area contributed by atoms with Crippen LogP contribution in [0.1, 0.15) is 24.4 Å². The average Bonchev–Trinajstić information content (AvgIpc) is 3.27. The Labute approximate surface area is 171 Å². The fourth-order valence-corrected chi connectivity index (χ4v) is 4.44. The number of furan rings is 1. The second-order valence-electron chi connectivity index (χ2n) is 7.01. The van der Waals surface area contributed by atoms with Crippen LogP contribution in [0.3, 0.4) is 0 Å². The number of rotatable bonds is 8. The van der Waals surface area contributed by atoms with Crippen molar-refractivity contribution in [3.63, 3.8) is 0 Å². The van der Waals surface area contributed by atoms with Gasteiger partial charge in [0.25, 0.3) is 5.69 Å². The van der Waals surface area contributed by atoms with E-state index in [4.69, 9.17) is 4.42 Å². The Morgan fingerprint density at radius 1 is 1.33 bits per heavy atom. The number of nitrogens with one attached hydrogen (secondary N) is 1. The number of nitrogens with zero attached hydrogens (tertiary/aromatic N) is 4. The van der Waals surface area contributed by atoms with E-state index in [2.05, 4.69) is 9.82 Å². The van der Waals surface area contributed by atoms with Gasteiger partial charge in [0.05, 0.1) is 22.6 Å². The number of nitro benzene ring substituents is 1. The van der Waals surface area contributed by atoms with E-state index < -0.39 is 14.9 Å². The van der Waals surface area contributed by atoms with E-state index in [-0.39, 0.29) is 35.4 Å². The lowest BCUT2D eigenvalue weighted by molar-refractivity contribution is -0.385. The highest BCUT2D eigenvalue weighted by Gasteiger charge is 2.31.